The number of thioether (sulfide) groups is 1. The summed E-state index contributed by atoms with van der Waals surface area (Å²) in [6.07, 6.45) is 0.528. The largest absolute Gasteiger partial charge is 0.306 e. The fourth-order valence-corrected chi connectivity index (χ4v) is 6.03. The molecule has 1 aromatic carbocycles. The number of hydrogen-bond acceptors (Lipinski definition) is 5. The number of fused-ring (bicyclic) bond motifs is 1. The molecule has 0 spiro atoms. The van der Waals surface area contributed by atoms with Gasteiger partial charge in [-0.05, 0) is 30.7 Å². The molecular formula is C16H16ClN3O3S2. The molecule has 0 saturated carbocycles. The highest BCUT2D eigenvalue weighted by Gasteiger charge is 2.34. The summed E-state index contributed by atoms with van der Waals surface area (Å²) in [6, 6.07) is 6.43. The van der Waals surface area contributed by atoms with Crippen LogP contribution in [0.25, 0.3) is 0 Å². The molecular weight excluding hydrogens is 382 g/mol. The smallest absolute Gasteiger partial charge is 0.256 e. The first kappa shape index (κ1) is 16.9. The van der Waals surface area contributed by atoms with E-state index in [2.05, 4.69) is 10.4 Å². The van der Waals surface area contributed by atoms with E-state index in [0.29, 0.717) is 22.8 Å². The van der Waals surface area contributed by atoms with Crippen LogP contribution >= 0.6 is 23.4 Å². The van der Waals surface area contributed by atoms with Gasteiger partial charge in [0.25, 0.3) is 5.91 Å². The van der Waals surface area contributed by atoms with E-state index >= 15 is 0 Å². The second kappa shape index (κ2) is 6.34. The predicted molar refractivity (Wildman–Crippen MR) is 98.9 cm³/mol. The summed E-state index contributed by atoms with van der Waals surface area (Å²) in [4.78, 5) is 12.6. The average Bonchev–Trinajstić information content (AvgIpc) is 3.23. The standard InChI is InChI=1S/C16H16ClN3O3S2/c17-11-3-1-10(2-4-11)16(21)18-15-13-7-24-8-14(13)19-20(15)12-5-6-25(22,23)9-12/h1-4,12H,5-9H2,(H,18,21). The van der Waals surface area contributed by atoms with Crippen molar-refractivity contribution in [1.29, 1.82) is 0 Å². The van der Waals surface area contributed by atoms with Crippen LogP contribution in [0.15, 0.2) is 24.3 Å². The zero-order valence-corrected chi connectivity index (χ0v) is 15.6. The van der Waals surface area contributed by atoms with Crippen LogP contribution in [-0.4, -0.2) is 35.6 Å². The number of sulfone groups is 1. The molecule has 0 aliphatic carbocycles. The number of halogens is 1. The van der Waals surface area contributed by atoms with E-state index in [-0.39, 0.29) is 23.5 Å². The van der Waals surface area contributed by atoms with Crippen molar-refractivity contribution in [1.82, 2.24) is 9.78 Å². The van der Waals surface area contributed by atoms with Gasteiger partial charge in [0.2, 0.25) is 0 Å². The van der Waals surface area contributed by atoms with Gasteiger partial charge in [0.1, 0.15) is 5.82 Å². The molecule has 1 saturated heterocycles. The summed E-state index contributed by atoms with van der Waals surface area (Å²) >= 11 is 7.61. The number of benzene rings is 1. The highest BCUT2D eigenvalue weighted by Crippen LogP contribution is 2.38. The molecule has 2 aliphatic heterocycles. The molecule has 25 heavy (non-hydrogen) atoms. The van der Waals surface area contributed by atoms with Gasteiger partial charge >= 0.3 is 0 Å². The predicted octanol–water partition coefficient (Wildman–Crippen LogP) is 2.90. The Bertz CT molecular complexity index is 938. The van der Waals surface area contributed by atoms with E-state index in [1.54, 1.807) is 40.7 Å². The third kappa shape index (κ3) is 3.30. The Morgan fingerprint density at radius 2 is 2.04 bits per heavy atom. The Kier molecular flexibility index (Phi) is 4.29. The fourth-order valence-electron chi connectivity index (χ4n) is 3.18. The van der Waals surface area contributed by atoms with E-state index in [1.165, 1.54) is 0 Å². The van der Waals surface area contributed by atoms with E-state index < -0.39 is 9.84 Å². The lowest BCUT2D eigenvalue weighted by Gasteiger charge is -2.15. The van der Waals surface area contributed by atoms with Crippen LogP contribution in [0.5, 0.6) is 0 Å². The monoisotopic (exact) mass is 397 g/mol. The number of carbonyl (C=O) groups excluding carboxylic acids is 1. The number of nitrogens with zero attached hydrogens (tertiary/aromatic N) is 2. The Balaban J connectivity index is 1.66. The van der Waals surface area contributed by atoms with Crippen molar-refractivity contribution in [2.45, 2.75) is 24.0 Å². The van der Waals surface area contributed by atoms with Crippen LogP contribution in [0.1, 0.15) is 34.1 Å². The third-order valence-corrected chi connectivity index (χ3v) is 7.44. The van der Waals surface area contributed by atoms with Gasteiger partial charge in [0.05, 0.1) is 23.2 Å². The second-order valence-corrected chi connectivity index (χ2v) is 9.88. The molecule has 0 radical (unpaired) electrons. The molecule has 4 rings (SSSR count). The summed E-state index contributed by atoms with van der Waals surface area (Å²) in [6.45, 7) is 0. The molecule has 1 fully saturated rings. The number of amides is 1. The third-order valence-electron chi connectivity index (χ3n) is 4.47. The van der Waals surface area contributed by atoms with E-state index in [0.717, 1.165) is 22.8 Å². The lowest BCUT2D eigenvalue weighted by molar-refractivity contribution is 0.102. The second-order valence-electron chi connectivity index (χ2n) is 6.23. The van der Waals surface area contributed by atoms with Crippen molar-refractivity contribution in [3.05, 3.63) is 46.1 Å². The minimum Gasteiger partial charge on any atom is -0.306 e. The zero-order chi connectivity index (χ0) is 17.6. The van der Waals surface area contributed by atoms with Crippen molar-refractivity contribution < 1.29 is 13.2 Å². The molecule has 0 bridgehead atoms. The molecule has 2 aliphatic rings. The summed E-state index contributed by atoms with van der Waals surface area (Å²) in [5.74, 6) is 2.17. The Morgan fingerprint density at radius 3 is 2.72 bits per heavy atom. The van der Waals surface area contributed by atoms with E-state index in [4.69, 9.17) is 11.6 Å². The zero-order valence-electron chi connectivity index (χ0n) is 13.2. The van der Waals surface area contributed by atoms with Crippen molar-refractivity contribution >= 4 is 44.9 Å². The number of nitrogens with one attached hydrogen (secondary N) is 1. The number of anilines is 1. The van der Waals surface area contributed by atoms with Crippen LogP contribution < -0.4 is 5.32 Å². The molecule has 1 atom stereocenters. The van der Waals surface area contributed by atoms with Gasteiger partial charge in [-0.1, -0.05) is 11.6 Å². The van der Waals surface area contributed by atoms with Gasteiger partial charge in [-0.2, -0.15) is 16.9 Å². The van der Waals surface area contributed by atoms with Gasteiger partial charge in [-0.15, -0.1) is 0 Å². The Morgan fingerprint density at radius 1 is 1.28 bits per heavy atom. The number of carbonyl (C=O) groups is 1. The summed E-state index contributed by atoms with van der Waals surface area (Å²) in [5.41, 5.74) is 2.42. The van der Waals surface area contributed by atoms with Crippen LogP contribution in [0.2, 0.25) is 5.02 Å². The normalized spacial score (nSPS) is 21.2. The molecule has 132 valence electrons. The Hall–Kier alpha value is -1.51. The van der Waals surface area contributed by atoms with Gasteiger partial charge < -0.3 is 5.32 Å². The van der Waals surface area contributed by atoms with Crippen LogP contribution in [0.4, 0.5) is 5.82 Å². The van der Waals surface area contributed by atoms with Gasteiger partial charge in [-0.25, -0.2) is 13.1 Å². The quantitative estimate of drug-likeness (QED) is 0.861. The van der Waals surface area contributed by atoms with Crippen molar-refractivity contribution in [2.75, 3.05) is 16.8 Å². The highest BCUT2D eigenvalue weighted by molar-refractivity contribution is 7.98. The topological polar surface area (TPSA) is 81.1 Å². The lowest BCUT2D eigenvalue weighted by atomic mass is 10.2. The summed E-state index contributed by atoms with van der Waals surface area (Å²) < 4.78 is 25.4. The molecule has 3 heterocycles. The lowest BCUT2D eigenvalue weighted by Crippen LogP contribution is -2.20. The number of rotatable bonds is 3. The maximum Gasteiger partial charge on any atom is 0.256 e. The number of aromatic nitrogens is 2. The van der Waals surface area contributed by atoms with Crippen LogP contribution in [0.3, 0.4) is 0 Å². The van der Waals surface area contributed by atoms with Crippen molar-refractivity contribution in [3.63, 3.8) is 0 Å². The van der Waals surface area contributed by atoms with Crippen molar-refractivity contribution in [2.24, 2.45) is 0 Å². The SMILES string of the molecule is O=C(Nc1c2c(nn1C1CCS(=O)(=O)C1)CSC2)c1ccc(Cl)cc1. The van der Waals surface area contributed by atoms with Gasteiger partial charge in [0, 0.05) is 27.7 Å². The molecule has 2 aromatic rings. The summed E-state index contributed by atoms with van der Waals surface area (Å²) in [5, 5.41) is 8.10. The number of hydrogen-bond donors (Lipinski definition) is 1. The average molecular weight is 398 g/mol. The van der Waals surface area contributed by atoms with Crippen molar-refractivity contribution in [3.8, 4) is 0 Å². The van der Waals surface area contributed by atoms with Gasteiger partial charge in [0.15, 0.2) is 9.84 Å². The molecule has 6 nitrogen and oxygen atoms in total. The maximum atomic E-state index is 12.6. The fraction of sp³-hybridized carbons (Fsp3) is 0.375. The van der Waals surface area contributed by atoms with Crippen LogP contribution in [-0.2, 0) is 21.3 Å². The minimum atomic E-state index is -3.03. The summed E-state index contributed by atoms with van der Waals surface area (Å²) in [7, 11) is -3.03. The maximum absolute atomic E-state index is 12.6. The first-order valence-electron chi connectivity index (χ1n) is 7.88. The molecule has 1 amide bonds. The first-order chi connectivity index (χ1) is 11.9. The molecule has 1 unspecified atom stereocenters. The highest BCUT2D eigenvalue weighted by atomic mass is 35.5. The first-order valence-corrected chi connectivity index (χ1v) is 11.2. The molecule has 1 aromatic heterocycles. The van der Waals surface area contributed by atoms with E-state index in [9.17, 15) is 13.2 Å². The van der Waals surface area contributed by atoms with Crippen LogP contribution in [0, 0.1) is 0 Å². The minimum absolute atomic E-state index is 0.0739. The Labute approximate surface area is 154 Å². The molecule has 1 N–H and O–H groups in total. The molecule has 9 heteroatoms. The van der Waals surface area contributed by atoms with Gasteiger partial charge in [-0.3, -0.25) is 4.79 Å². The van der Waals surface area contributed by atoms with E-state index in [1.807, 2.05) is 0 Å².